The Labute approximate surface area is 143 Å². The molecule has 122 valence electrons. The Balaban J connectivity index is 1.62. The molecule has 4 rings (SSSR count). The number of nitrogens with one attached hydrogen (secondary N) is 1. The summed E-state index contributed by atoms with van der Waals surface area (Å²) in [6.45, 7) is 7.49. The Morgan fingerprint density at radius 1 is 1.20 bits per heavy atom. The number of ether oxygens (including phenoxy) is 1. The molecule has 7 heteroatoms. The van der Waals surface area contributed by atoms with Gasteiger partial charge in [0.15, 0.2) is 0 Å². The van der Waals surface area contributed by atoms with Crippen LogP contribution in [-0.2, 0) is 6.42 Å². The van der Waals surface area contributed by atoms with E-state index in [4.69, 9.17) is 15.8 Å². The average Bonchev–Trinajstić information content (AvgIpc) is 3.29. The molecular formula is C18H13N5O2. The summed E-state index contributed by atoms with van der Waals surface area (Å²) in [7, 11) is 0. The van der Waals surface area contributed by atoms with Gasteiger partial charge in [0.2, 0.25) is 5.88 Å². The van der Waals surface area contributed by atoms with Gasteiger partial charge in [-0.25, -0.2) is 9.97 Å². The summed E-state index contributed by atoms with van der Waals surface area (Å²) in [4.78, 5) is 14.8. The van der Waals surface area contributed by atoms with Gasteiger partial charge in [-0.1, -0.05) is 35.5 Å². The van der Waals surface area contributed by atoms with Gasteiger partial charge in [0, 0.05) is 24.2 Å². The molecule has 0 aliphatic heterocycles. The van der Waals surface area contributed by atoms with E-state index in [0.29, 0.717) is 23.8 Å². The molecule has 3 heterocycles. The number of rotatable bonds is 5. The van der Waals surface area contributed by atoms with Gasteiger partial charge in [0.05, 0.1) is 18.6 Å². The zero-order valence-electron chi connectivity index (χ0n) is 13.1. The van der Waals surface area contributed by atoms with Crippen LogP contribution in [0.5, 0.6) is 5.88 Å². The maximum Gasteiger partial charge on any atom is 0.368 e. The van der Waals surface area contributed by atoms with Crippen LogP contribution in [0.1, 0.15) is 5.56 Å². The fourth-order valence-corrected chi connectivity index (χ4v) is 2.60. The Morgan fingerprint density at radius 2 is 2.08 bits per heavy atom. The van der Waals surface area contributed by atoms with E-state index in [9.17, 15) is 0 Å². The second-order valence-electron chi connectivity index (χ2n) is 5.35. The minimum Gasteiger partial charge on any atom is -0.477 e. The molecule has 0 radical (unpaired) electrons. The molecule has 0 atom stereocenters. The van der Waals surface area contributed by atoms with Crippen LogP contribution in [0.15, 0.2) is 53.4 Å². The molecule has 0 spiro atoms. The molecule has 4 aromatic rings. The van der Waals surface area contributed by atoms with Crippen molar-refractivity contribution in [2.45, 2.75) is 6.42 Å². The maximum atomic E-state index is 6.99. The molecule has 0 bridgehead atoms. The molecule has 0 aliphatic rings. The van der Waals surface area contributed by atoms with E-state index in [1.54, 1.807) is 12.3 Å². The summed E-state index contributed by atoms with van der Waals surface area (Å²) in [6.07, 6.45) is 3.99. The van der Waals surface area contributed by atoms with E-state index in [1.807, 2.05) is 18.2 Å². The molecule has 1 N–H and O–H groups in total. The molecule has 1 aromatic carbocycles. The third-order valence-electron chi connectivity index (χ3n) is 3.79. The first-order valence-corrected chi connectivity index (χ1v) is 7.68. The van der Waals surface area contributed by atoms with Gasteiger partial charge in [0.1, 0.15) is 17.7 Å². The zero-order valence-corrected chi connectivity index (χ0v) is 13.1. The highest BCUT2D eigenvalue weighted by Gasteiger charge is 2.17. The highest BCUT2D eigenvalue weighted by atomic mass is 16.5. The fourth-order valence-electron chi connectivity index (χ4n) is 2.60. The van der Waals surface area contributed by atoms with E-state index >= 15 is 0 Å². The standard InChI is InChI=1S/C18H13N5O2/c1-19-15-9-14(23-25-15)13-10-20-17-16(13)18(22-11-21-17)24-8-7-12-5-3-2-4-6-12/h2-6,9-11H,7-8H2,(H,20,21,22). The van der Waals surface area contributed by atoms with Crippen molar-refractivity contribution in [2.24, 2.45) is 0 Å². The molecular weight excluding hydrogens is 318 g/mol. The number of benzene rings is 1. The van der Waals surface area contributed by atoms with Crippen LogP contribution in [0.4, 0.5) is 5.88 Å². The molecule has 0 saturated heterocycles. The number of fused-ring (bicyclic) bond motifs is 1. The predicted octanol–water partition coefficient (Wildman–Crippen LogP) is 3.79. The van der Waals surface area contributed by atoms with Crippen LogP contribution in [0.3, 0.4) is 0 Å². The van der Waals surface area contributed by atoms with Crippen molar-refractivity contribution in [3.8, 4) is 17.1 Å². The quantitative estimate of drug-likeness (QED) is 0.563. The number of aromatic nitrogens is 4. The maximum absolute atomic E-state index is 6.99. The number of hydrogen-bond acceptors (Lipinski definition) is 5. The SMILES string of the molecule is [C-]#[N+]c1cc(-c2c[nH]c3ncnc(OCCc4ccccc4)c23)no1. The minimum absolute atomic E-state index is 0.132. The third-order valence-corrected chi connectivity index (χ3v) is 3.79. The molecule has 0 unspecified atom stereocenters. The second kappa shape index (κ2) is 6.45. The number of nitrogens with zero attached hydrogens (tertiary/aromatic N) is 4. The zero-order chi connectivity index (χ0) is 17.1. The Morgan fingerprint density at radius 3 is 2.88 bits per heavy atom. The number of hydrogen-bond donors (Lipinski definition) is 1. The Kier molecular flexibility index (Phi) is 3.85. The molecule has 0 amide bonds. The van der Waals surface area contributed by atoms with E-state index in [0.717, 1.165) is 17.4 Å². The molecule has 3 aromatic heterocycles. The van der Waals surface area contributed by atoms with Crippen LogP contribution >= 0.6 is 0 Å². The van der Waals surface area contributed by atoms with Gasteiger partial charge >= 0.3 is 5.88 Å². The first kappa shape index (κ1) is 14.9. The fraction of sp³-hybridized carbons (Fsp3) is 0.111. The summed E-state index contributed by atoms with van der Waals surface area (Å²) < 4.78 is 10.9. The third kappa shape index (κ3) is 2.93. The molecule has 25 heavy (non-hydrogen) atoms. The van der Waals surface area contributed by atoms with Crippen LogP contribution in [-0.4, -0.2) is 26.7 Å². The van der Waals surface area contributed by atoms with Crippen molar-refractivity contribution in [2.75, 3.05) is 6.61 Å². The van der Waals surface area contributed by atoms with Gasteiger partial charge in [0.25, 0.3) is 0 Å². The normalized spacial score (nSPS) is 10.7. The van der Waals surface area contributed by atoms with E-state index < -0.39 is 0 Å². The van der Waals surface area contributed by atoms with E-state index in [-0.39, 0.29) is 5.88 Å². The number of aromatic amines is 1. The van der Waals surface area contributed by atoms with Gasteiger partial charge in [-0.15, -0.1) is 0 Å². The molecule has 0 saturated carbocycles. The van der Waals surface area contributed by atoms with Gasteiger partial charge in [-0.05, 0) is 5.56 Å². The molecule has 0 fully saturated rings. The number of H-pyrrole nitrogens is 1. The van der Waals surface area contributed by atoms with Crippen molar-refractivity contribution in [3.05, 3.63) is 65.9 Å². The highest BCUT2D eigenvalue weighted by molar-refractivity contribution is 5.96. The van der Waals surface area contributed by atoms with Gasteiger partial charge < -0.3 is 14.2 Å². The Hall–Kier alpha value is -3.66. The first-order chi connectivity index (χ1) is 12.3. The topological polar surface area (TPSA) is 81.2 Å². The van der Waals surface area contributed by atoms with E-state index in [1.165, 1.54) is 11.9 Å². The predicted molar refractivity (Wildman–Crippen MR) is 91.3 cm³/mol. The van der Waals surface area contributed by atoms with Gasteiger partial charge in [-0.2, -0.15) is 4.85 Å². The van der Waals surface area contributed by atoms with Gasteiger partial charge in [-0.3, -0.25) is 0 Å². The first-order valence-electron chi connectivity index (χ1n) is 7.68. The van der Waals surface area contributed by atoms with Crippen molar-refractivity contribution in [3.63, 3.8) is 0 Å². The van der Waals surface area contributed by atoms with Crippen LogP contribution in [0.2, 0.25) is 0 Å². The highest BCUT2D eigenvalue weighted by Crippen LogP contribution is 2.33. The van der Waals surface area contributed by atoms with Crippen molar-refractivity contribution >= 4 is 16.9 Å². The summed E-state index contributed by atoms with van der Waals surface area (Å²) >= 11 is 0. The second-order valence-corrected chi connectivity index (χ2v) is 5.35. The van der Waals surface area contributed by atoms with Crippen molar-refractivity contribution in [1.29, 1.82) is 0 Å². The average molecular weight is 331 g/mol. The molecule has 0 aliphatic carbocycles. The monoisotopic (exact) mass is 331 g/mol. The largest absolute Gasteiger partial charge is 0.477 e. The van der Waals surface area contributed by atoms with E-state index in [2.05, 4.69) is 37.1 Å². The smallest absolute Gasteiger partial charge is 0.368 e. The van der Waals surface area contributed by atoms with Crippen LogP contribution in [0, 0.1) is 6.57 Å². The minimum atomic E-state index is 0.132. The lowest BCUT2D eigenvalue weighted by Crippen LogP contribution is -2.03. The van der Waals surface area contributed by atoms with Crippen LogP contribution in [0.25, 0.3) is 27.1 Å². The summed E-state index contributed by atoms with van der Waals surface area (Å²) in [5.74, 6) is 0.609. The molecule has 7 nitrogen and oxygen atoms in total. The van der Waals surface area contributed by atoms with Crippen LogP contribution < -0.4 is 4.74 Å². The lowest BCUT2D eigenvalue weighted by Gasteiger charge is -2.07. The summed E-state index contributed by atoms with van der Waals surface area (Å²) in [6, 6.07) is 11.7. The summed E-state index contributed by atoms with van der Waals surface area (Å²) in [5, 5.41) is 4.65. The summed E-state index contributed by atoms with van der Waals surface area (Å²) in [5.41, 5.74) is 3.12. The lowest BCUT2D eigenvalue weighted by molar-refractivity contribution is 0.313. The van der Waals surface area contributed by atoms with Crippen molar-refractivity contribution < 1.29 is 9.26 Å². The van der Waals surface area contributed by atoms with Crippen molar-refractivity contribution in [1.82, 2.24) is 20.1 Å². The lowest BCUT2D eigenvalue weighted by atomic mass is 10.1. The Bertz CT molecular complexity index is 1050.